The summed E-state index contributed by atoms with van der Waals surface area (Å²) in [6.07, 6.45) is 12.6. The van der Waals surface area contributed by atoms with E-state index >= 15 is 0 Å². The van der Waals surface area contributed by atoms with Crippen LogP contribution >= 0.6 is 0 Å². The van der Waals surface area contributed by atoms with Crippen LogP contribution in [0.3, 0.4) is 0 Å². The molecule has 1 aromatic rings. The summed E-state index contributed by atoms with van der Waals surface area (Å²) in [5.74, 6) is 1.35. The molecule has 0 aromatic heterocycles. The summed E-state index contributed by atoms with van der Waals surface area (Å²) >= 11 is 0. The molecular weight excluding hydrogens is 544 g/mol. The number of nitrogens with zero attached hydrogens (tertiary/aromatic N) is 2. The van der Waals surface area contributed by atoms with Gasteiger partial charge in [0.05, 0.1) is 11.1 Å². The topological polar surface area (TPSA) is 114 Å². The van der Waals surface area contributed by atoms with Crippen molar-refractivity contribution in [1.82, 2.24) is 0 Å². The number of nitrogens with two attached hydrogens (primary N) is 2. The maximum Gasteiger partial charge on any atom is 0.310 e. The highest BCUT2D eigenvalue weighted by atomic mass is 16.4. The Hall–Kier alpha value is -2.89. The zero-order valence-corrected chi connectivity index (χ0v) is 28.0. The number of allylic oxidation sites excluding steroid dienone is 3. The first-order valence-electron chi connectivity index (χ1n) is 17.0. The zero-order chi connectivity index (χ0) is 31.9. The minimum Gasteiger partial charge on any atom is -0.481 e. The average Bonchev–Trinajstić information content (AvgIpc) is 2.95. The average molecular weight is 599 g/mol. The van der Waals surface area contributed by atoms with Crippen molar-refractivity contribution < 1.29 is 9.90 Å². The molecule has 0 radical (unpaired) electrons. The molecule has 0 bridgehead atoms. The second-order valence-electron chi connectivity index (χ2n) is 16.6. The van der Waals surface area contributed by atoms with Gasteiger partial charge < -0.3 is 16.6 Å². The maximum absolute atomic E-state index is 13.1. The van der Waals surface area contributed by atoms with Gasteiger partial charge in [0.2, 0.25) is 5.96 Å². The molecule has 0 aliphatic heterocycles. The van der Waals surface area contributed by atoms with Crippen LogP contribution in [0.4, 0.5) is 0 Å². The maximum atomic E-state index is 13.1. The molecule has 4 fully saturated rings. The van der Waals surface area contributed by atoms with E-state index in [9.17, 15) is 9.90 Å². The molecule has 1 aromatic carbocycles. The summed E-state index contributed by atoms with van der Waals surface area (Å²) in [5.41, 5.74) is 15.7. The fourth-order valence-corrected chi connectivity index (χ4v) is 11.9. The van der Waals surface area contributed by atoms with Gasteiger partial charge in [0.15, 0.2) is 0 Å². The van der Waals surface area contributed by atoms with E-state index in [1.807, 2.05) is 0 Å². The van der Waals surface area contributed by atoms with Crippen LogP contribution in [0, 0.1) is 56.7 Å². The molecule has 6 nitrogen and oxygen atoms in total. The summed E-state index contributed by atoms with van der Waals surface area (Å²) in [7, 11) is 0. The van der Waals surface area contributed by atoms with Crippen molar-refractivity contribution in [3.8, 4) is 0 Å². The van der Waals surface area contributed by atoms with E-state index in [-0.39, 0.29) is 33.5 Å². The summed E-state index contributed by atoms with van der Waals surface area (Å²) in [5, 5.41) is 19.7. The van der Waals surface area contributed by atoms with Gasteiger partial charge in [0.25, 0.3) is 0 Å². The molecule has 5 aliphatic carbocycles. The van der Waals surface area contributed by atoms with Crippen LogP contribution in [0.1, 0.15) is 105 Å². The van der Waals surface area contributed by atoms with Crippen molar-refractivity contribution >= 4 is 23.7 Å². The van der Waals surface area contributed by atoms with Crippen LogP contribution < -0.4 is 11.5 Å². The lowest BCUT2D eigenvalue weighted by molar-refractivity contribution is -0.179. The minimum atomic E-state index is -0.614. The molecule has 3 unspecified atom stereocenters. The fraction of sp³-hybridized carbons (Fsp3) is 0.658. The summed E-state index contributed by atoms with van der Waals surface area (Å²) < 4.78 is 0. The summed E-state index contributed by atoms with van der Waals surface area (Å²) in [4.78, 5) is 13.1. The van der Waals surface area contributed by atoms with Gasteiger partial charge >= 0.3 is 5.97 Å². The van der Waals surface area contributed by atoms with Gasteiger partial charge in [-0.25, -0.2) is 0 Å². The number of benzene rings is 1. The van der Waals surface area contributed by atoms with Gasteiger partial charge in [-0.3, -0.25) is 4.79 Å². The van der Waals surface area contributed by atoms with E-state index in [1.165, 1.54) is 11.1 Å². The fourth-order valence-electron chi connectivity index (χ4n) is 11.9. The molecule has 0 amide bonds. The Balaban J connectivity index is 1.48. The minimum absolute atomic E-state index is 0.0149. The summed E-state index contributed by atoms with van der Waals surface area (Å²) in [6, 6.07) is 10.5. The molecular formula is C38H54N4O2. The first-order chi connectivity index (χ1) is 20.6. The summed E-state index contributed by atoms with van der Waals surface area (Å²) in [6.45, 7) is 17.0. The number of aliphatic carboxylic acids is 1. The number of hydrogen-bond acceptors (Lipinski definition) is 3. The third-order valence-corrected chi connectivity index (χ3v) is 14.4. The largest absolute Gasteiger partial charge is 0.481 e. The number of rotatable bonds is 3. The van der Waals surface area contributed by atoms with E-state index in [0.717, 1.165) is 62.6 Å². The van der Waals surface area contributed by atoms with E-state index in [4.69, 9.17) is 16.6 Å². The van der Waals surface area contributed by atoms with Crippen molar-refractivity contribution in [2.24, 2.45) is 78.3 Å². The molecule has 238 valence electrons. The van der Waals surface area contributed by atoms with Crippen LogP contribution in [-0.4, -0.2) is 22.7 Å². The molecule has 0 heterocycles. The standard InChI is InChI=1S/C38H54N4O2/c1-23-15-18-38(32(43)44)20-19-36(6)27(30(38)24(23)2)13-14-29-35(5)22-26(21-25-11-9-8-10-12-25)31(41-42-33(39)40)34(3,4)28(35)16-17-37(29,36)7/h8-13,21,23-24,28-30H,14-20,22H2,1-7H3,(H,43,44)(H4,39,40,42)/b26-21+,41-31+/t23-,24+,28?,29?,30?,35+,36-,37-,38+/m1/s1. The highest BCUT2D eigenvalue weighted by Gasteiger charge is 2.69. The van der Waals surface area contributed by atoms with Gasteiger partial charge in [0, 0.05) is 5.41 Å². The first-order valence-corrected chi connectivity index (χ1v) is 17.0. The van der Waals surface area contributed by atoms with Crippen LogP contribution in [0.15, 0.2) is 57.8 Å². The lowest BCUT2D eigenvalue weighted by atomic mass is 9.33. The Bertz CT molecular complexity index is 1450. The molecule has 0 spiro atoms. The quantitative estimate of drug-likeness (QED) is 0.141. The number of guanidine groups is 1. The second-order valence-corrected chi connectivity index (χ2v) is 16.6. The van der Waals surface area contributed by atoms with Gasteiger partial charge in [-0.1, -0.05) is 90.4 Å². The molecule has 9 atom stereocenters. The Kier molecular flexibility index (Phi) is 7.29. The van der Waals surface area contributed by atoms with E-state index in [1.54, 1.807) is 0 Å². The molecule has 5 N–H and O–H groups in total. The van der Waals surface area contributed by atoms with Crippen molar-refractivity contribution in [1.29, 1.82) is 0 Å². The van der Waals surface area contributed by atoms with Crippen LogP contribution in [-0.2, 0) is 4.79 Å². The van der Waals surface area contributed by atoms with E-state index < -0.39 is 11.4 Å². The lowest BCUT2D eigenvalue weighted by Gasteiger charge is -2.71. The van der Waals surface area contributed by atoms with Gasteiger partial charge in [-0.2, -0.15) is 5.10 Å². The third-order valence-electron chi connectivity index (χ3n) is 14.4. The monoisotopic (exact) mass is 598 g/mol. The smallest absolute Gasteiger partial charge is 0.310 e. The predicted molar refractivity (Wildman–Crippen MR) is 180 cm³/mol. The molecule has 6 rings (SSSR count). The first kappa shape index (κ1) is 31.1. The molecule has 44 heavy (non-hydrogen) atoms. The molecule has 4 saturated carbocycles. The molecule has 0 saturated heterocycles. The molecule has 6 heteroatoms. The number of carbonyl (C=O) groups is 1. The second kappa shape index (κ2) is 10.3. The van der Waals surface area contributed by atoms with E-state index in [0.29, 0.717) is 23.7 Å². The van der Waals surface area contributed by atoms with Crippen LogP contribution in [0.25, 0.3) is 6.08 Å². The van der Waals surface area contributed by atoms with Crippen LogP contribution in [0.2, 0.25) is 0 Å². The predicted octanol–water partition coefficient (Wildman–Crippen LogP) is 8.05. The van der Waals surface area contributed by atoms with Crippen molar-refractivity contribution in [2.45, 2.75) is 99.8 Å². The molecule has 5 aliphatic rings. The Morgan fingerprint density at radius 1 is 0.955 bits per heavy atom. The van der Waals surface area contributed by atoms with Gasteiger partial charge in [-0.05, 0) is 114 Å². The van der Waals surface area contributed by atoms with Crippen molar-refractivity contribution in [3.63, 3.8) is 0 Å². The van der Waals surface area contributed by atoms with Crippen molar-refractivity contribution in [2.75, 3.05) is 0 Å². The van der Waals surface area contributed by atoms with Gasteiger partial charge in [0.1, 0.15) is 0 Å². The Labute approximate surface area is 264 Å². The van der Waals surface area contributed by atoms with E-state index in [2.05, 4.69) is 96.1 Å². The van der Waals surface area contributed by atoms with Crippen molar-refractivity contribution in [3.05, 3.63) is 53.1 Å². The number of carboxylic acids is 1. The SMILES string of the molecule is C[C@@H]1CC[C@]2(C(=O)O)CC[C@]3(C)C(=CCC4[C@@]5(C)CC(=C\c6ccccc6)/C(=N\N=C(N)N)C(C)(C)C5CC[C@]43C)C2[C@H]1C. The van der Waals surface area contributed by atoms with Crippen LogP contribution in [0.5, 0.6) is 0 Å². The lowest BCUT2D eigenvalue weighted by Crippen LogP contribution is -2.65. The Morgan fingerprint density at radius 3 is 2.32 bits per heavy atom. The zero-order valence-electron chi connectivity index (χ0n) is 28.0. The highest BCUT2D eigenvalue weighted by Crippen LogP contribution is 2.76. The number of fused-ring (bicyclic) bond motifs is 7. The third kappa shape index (κ3) is 4.21. The number of carboxylic acid groups (broad SMARTS) is 1. The normalized spacial score (nSPS) is 44.4. The Morgan fingerprint density at radius 2 is 1.66 bits per heavy atom. The van der Waals surface area contributed by atoms with Gasteiger partial charge in [-0.15, -0.1) is 5.10 Å². The number of hydrogen-bond donors (Lipinski definition) is 3. The highest BCUT2D eigenvalue weighted by molar-refractivity contribution is 6.08.